The van der Waals surface area contributed by atoms with E-state index >= 15 is 0 Å². The highest BCUT2D eigenvalue weighted by atomic mass is 16.6. The summed E-state index contributed by atoms with van der Waals surface area (Å²) in [5, 5.41) is 13.6. The maximum absolute atomic E-state index is 12.7. The normalized spacial score (nSPS) is 18.9. The summed E-state index contributed by atoms with van der Waals surface area (Å²) in [5.41, 5.74) is 0.511. The fraction of sp³-hybridized carbons (Fsp3) is 0.222. The smallest absolute Gasteiger partial charge is 0.339 e. The van der Waals surface area contributed by atoms with E-state index in [1.54, 1.807) is 18.2 Å². The Balaban J connectivity index is 1.90. The number of para-hydroxylation sites is 2. The van der Waals surface area contributed by atoms with Crippen LogP contribution in [0.5, 0.6) is 0 Å². The van der Waals surface area contributed by atoms with Crippen molar-refractivity contribution in [1.29, 1.82) is 0 Å². The molecule has 3 rings (SSSR count). The van der Waals surface area contributed by atoms with Crippen molar-refractivity contribution in [3.8, 4) is 0 Å². The number of hydrogen-bond donors (Lipinski definition) is 1. The molecule has 1 aliphatic heterocycles. The third kappa shape index (κ3) is 3.08. The van der Waals surface area contributed by atoms with Gasteiger partial charge in [0.15, 0.2) is 5.60 Å². The molecule has 0 saturated carbocycles. The number of fused-ring (bicyclic) bond motifs is 1. The number of nitro groups is 1. The van der Waals surface area contributed by atoms with Crippen LogP contribution in [0.3, 0.4) is 0 Å². The van der Waals surface area contributed by atoms with Crippen molar-refractivity contribution in [1.82, 2.24) is 0 Å². The fourth-order valence-corrected chi connectivity index (χ4v) is 2.85. The maximum Gasteiger partial charge on any atom is 0.339 e. The molecule has 0 aromatic heterocycles. The minimum Gasteiger partial charge on any atom is -0.445 e. The maximum atomic E-state index is 12.7. The van der Waals surface area contributed by atoms with Gasteiger partial charge in [0, 0.05) is 12.5 Å². The van der Waals surface area contributed by atoms with Crippen LogP contribution in [0.25, 0.3) is 0 Å². The van der Waals surface area contributed by atoms with Gasteiger partial charge in [0.1, 0.15) is 5.69 Å². The van der Waals surface area contributed by atoms with Crippen LogP contribution in [0.15, 0.2) is 42.5 Å². The van der Waals surface area contributed by atoms with E-state index in [0.717, 1.165) is 11.1 Å². The molecule has 0 bridgehead atoms. The highest BCUT2D eigenvalue weighted by molar-refractivity contribution is 6.03. The van der Waals surface area contributed by atoms with Crippen molar-refractivity contribution in [3.63, 3.8) is 0 Å². The molecule has 0 saturated heterocycles. The third-order valence-electron chi connectivity index (χ3n) is 4.16. The molecule has 128 valence electrons. The van der Waals surface area contributed by atoms with Gasteiger partial charge < -0.3 is 10.1 Å². The summed E-state index contributed by atoms with van der Waals surface area (Å²) in [6.07, 6.45) is 0.197. The van der Waals surface area contributed by atoms with Crippen molar-refractivity contribution in [2.24, 2.45) is 0 Å². The van der Waals surface area contributed by atoms with Crippen LogP contribution in [0.4, 0.5) is 11.4 Å². The third-order valence-corrected chi connectivity index (χ3v) is 4.16. The number of nitrogens with zero attached hydrogens (tertiary/aromatic N) is 1. The van der Waals surface area contributed by atoms with Gasteiger partial charge in [0.05, 0.1) is 10.5 Å². The number of carbonyl (C=O) groups excluding carboxylic acids is 2. The van der Waals surface area contributed by atoms with Crippen LogP contribution in [-0.4, -0.2) is 22.4 Å². The predicted molar refractivity (Wildman–Crippen MR) is 90.4 cm³/mol. The Morgan fingerprint density at radius 1 is 1.28 bits per heavy atom. The van der Waals surface area contributed by atoms with E-state index in [1.807, 2.05) is 13.0 Å². The van der Waals surface area contributed by atoms with E-state index in [-0.39, 0.29) is 17.8 Å². The van der Waals surface area contributed by atoms with E-state index < -0.39 is 22.4 Å². The fourth-order valence-electron chi connectivity index (χ4n) is 2.85. The molecule has 1 aliphatic rings. The largest absolute Gasteiger partial charge is 0.445 e. The molecule has 0 spiro atoms. The number of nitro benzene ring substituents is 1. The number of benzene rings is 2. The molecule has 1 unspecified atom stereocenters. The van der Waals surface area contributed by atoms with Gasteiger partial charge in [-0.25, -0.2) is 4.79 Å². The van der Waals surface area contributed by atoms with E-state index in [2.05, 4.69) is 5.32 Å². The lowest BCUT2D eigenvalue weighted by molar-refractivity contribution is -0.383. The second kappa shape index (κ2) is 6.01. The summed E-state index contributed by atoms with van der Waals surface area (Å²) in [7, 11) is 0. The van der Waals surface area contributed by atoms with E-state index in [9.17, 15) is 19.7 Å². The zero-order valence-corrected chi connectivity index (χ0v) is 13.7. The zero-order valence-electron chi connectivity index (χ0n) is 13.7. The second-order valence-electron chi connectivity index (χ2n) is 6.19. The molecular formula is C18H16N2O5. The summed E-state index contributed by atoms with van der Waals surface area (Å²) in [6, 6.07) is 11.1. The summed E-state index contributed by atoms with van der Waals surface area (Å²) in [4.78, 5) is 35.4. The second-order valence-corrected chi connectivity index (χ2v) is 6.19. The number of nitrogens with one attached hydrogen (secondary N) is 1. The van der Waals surface area contributed by atoms with Crippen molar-refractivity contribution in [2.45, 2.75) is 25.9 Å². The van der Waals surface area contributed by atoms with Crippen LogP contribution in [0.2, 0.25) is 0 Å². The van der Waals surface area contributed by atoms with Gasteiger partial charge in [-0.05, 0) is 31.5 Å². The molecule has 0 fully saturated rings. The van der Waals surface area contributed by atoms with Crippen molar-refractivity contribution in [2.75, 3.05) is 5.32 Å². The number of cyclic esters (lactones) is 1. The molecule has 7 nitrogen and oxygen atoms in total. The van der Waals surface area contributed by atoms with Gasteiger partial charge in [0.25, 0.3) is 11.6 Å². The van der Waals surface area contributed by atoms with Crippen LogP contribution < -0.4 is 5.32 Å². The molecule has 1 atom stereocenters. The van der Waals surface area contributed by atoms with Crippen molar-refractivity contribution in [3.05, 3.63) is 69.3 Å². The molecule has 1 heterocycles. The molecule has 0 radical (unpaired) electrons. The number of aryl methyl sites for hydroxylation is 1. The summed E-state index contributed by atoms with van der Waals surface area (Å²) >= 11 is 0. The number of ether oxygens (including phenoxy) is 1. The summed E-state index contributed by atoms with van der Waals surface area (Å²) in [6.45, 7) is 3.39. The molecule has 25 heavy (non-hydrogen) atoms. The first-order valence-electron chi connectivity index (χ1n) is 7.68. The average molecular weight is 340 g/mol. The number of hydrogen-bond acceptors (Lipinski definition) is 5. The van der Waals surface area contributed by atoms with Gasteiger partial charge in [-0.3, -0.25) is 14.9 Å². The first-order valence-corrected chi connectivity index (χ1v) is 7.68. The van der Waals surface area contributed by atoms with Crippen LogP contribution in [0.1, 0.15) is 28.4 Å². The molecule has 7 heteroatoms. The van der Waals surface area contributed by atoms with Gasteiger partial charge >= 0.3 is 5.97 Å². The number of amides is 1. The minimum atomic E-state index is -1.44. The molecule has 0 aliphatic carbocycles. The topological polar surface area (TPSA) is 98.5 Å². The minimum absolute atomic E-state index is 0.0600. The lowest BCUT2D eigenvalue weighted by Gasteiger charge is -2.33. The van der Waals surface area contributed by atoms with Crippen LogP contribution in [0, 0.1) is 17.0 Å². The number of esters is 1. The summed E-state index contributed by atoms with van der Waals surface area (Å²) in [5.74, 6) is -1.19. The monoisotopic (exact) mass is 340 g/mol. The SMILES string of the molecule is Cc1ccc2c(c1)CC(C)(C(=O)Nc1ccccc1[N+](=O)[O-])OC2=O. The van der Waals surface area contributed by atoms with Gasteiger partial charge in [-0.2, -0.15) is 0 Å². The highest BCUT2D eigenvalue weighted by Gasteiger charge is 2.43. The Morgan fingerprint density at radius 3 is 2.72 bits per heavy atom. The van der Waals surface area contributed by atoms with Gasteiger partial charge in [-0.15, -0.1) is 0 Å². The highest BCUT2D eigenvalue weighted by Crippen LogP contribution is 2.31. The molecular weight excluding hydrogens is 324 g/mol. The average Bonchev–Trinajstić information content (AvgIpc) is 2.54. The Morgan fingerprint density at radius 2 is 2.00 bits per heavy atom. The van der Waals surface area contributed by atoms with Gasteiger partial charge in [0.2, 0.25) is 0 Å². The van der Waals surface area contributed by atoms with E-state index in [1.165, 1.54) is 25.1 Å². The number of anilines is 1. The zero-order chi connectivity index (χ0) is 18.2. The molecule has 2 aromatic rings. The van der Waals surface area contributed by atoms with E-state index in [4.69, 9.17) is 4.74 Å². The molecule has 1 amide bonds. The van der Waals surface area contributed by atoms with Crippen molar-refractivity contribution >= 4 is 23.3 Å². The Kier molecular flexibility index (Phi) is 4.00. The number of rotatable bonds is 3. The quantitative estimate of drug-likeness (QED) is 0.526. The Hall–Kier alpha value is -3.22. The Bertz CT molecular complexity index is 893. The van der Waals surface area contributed by atoms with Crippen LogP contribution in [-0.2, 0) is 16.0 Å². The Labute approximate surface area is 143 Å². The van der Waals surface area contributed by atoms with Gasteiger partial charge in [-0.1, -0.05) is 29.8 Å². The lowest BCUT2D eigenvalue weighted by atomic mass is 9.88. The first kappa shape index (κ1) is 16.6. The lowest BCUT2D eigenvalue weighted by Crippen LogP contribution is -2.49. The number of carbonyl (C=O) groups is 2. The molecule has 2 aromatic carbocycles. The van der Waals surface area contributed by atoms with Crippen LogP contribution >= 0.6 is 0 Å². The summed E-state index contributed by atoms with van der Waals surface area (Å²) < 4.78 is 5.35. The predicted octanol–water partition coefficient (Wildman–Crippen LogP) is 3.01. The van der Waals surface area contributed by atoms with E-state index in [0.29, 0.717) is 5.56 Å². The van der Waals surface area contributed by atoms with Crippen molar-refractivity contribution < 1.29 is 19.2 Å². The molecule has 1 N–H and O–H groups in total. The first-order chi connectivity index (χ1) is 11.8. The standard InChI is InChI=1S/C18H16N2O5/c1-11-7-8-13-12(9-11)10-18(2,25-16(13)21)17(22)19-14-5-3-4-6-15(14)20(23)24/h3-9H,10H2,1-2H3,(H,19,22).